The fourth-order valence-corrected chi connectivity index (χ4v) is 3.20. The van der Waals surface area contributed by atoms with Crippen LogP contribution in [-0.4, -0.2) is 45.6 Å². The smallest absolute Gasteiger partial charge is 0.325 e. The first-order chi connectivity index (χ1) is 13.7. The number of rotatable bonds is 5. The van der Waals surface area contributed by atoms with E-state index >= 15 is 0 Å². The van der Waals surface area contributed by atoms with Crippen molar-refractivity contribution in [2.45, 2.75) is 31.8 Å². The Morgan fingerprint density at radius 2 is 2.10 bits per heavy atom. The number of urea groups is 1. The van der Waals surface area contributed by atoms with E-state index in [0.29, 0.717) is 12.1 Å². The number of halogens is 2. The van der Waals surface area contributed by atoms with E-state index in [2.05, 4.69) is 10.4 Å². The van der Waals surface area contributed by atoms with Crippen LogP contribution in [0.4, 0.5) is 19.3 Å². The number of aryl methyl sites for hydroxylation is 1. The standard InChI is InChI=1S/C19H21F2N5O3/c1-4-15(13-6-5-11(20)7-14(13)21)23-19(29)26-16(8-17(26)27)18(28)25(3)12-9-22-24(2)10-12/h5-7,9-10,15-16H,4,8H2,1-3H3,(H,23,29)/t15-,16+/m1/s1. The van der Waals surface area contributed by atoms with Gasteiger partial charge in [-0.2, -0.15) is 5.10 Å². The minimum absolute atomic E-state index is 0.0987. The summed E-state index contributed by atoms with van der Waals surface area (Å²) in [7, 11) is 3.23. The second-order valence-corrected chi connectivity index (χ2v) is 6.83. The van der Waals surface area contributed by atoms with Gasteiger partial charge in [0.15, 0.2) is 0 Å². The Labute approximate surface area is 166 Å². The van der Waals surface area contributed by atoms with Crippen LogP contribution in [0.1, 0.15) is 31.4 Å². The second kappa shape index (κ2) is 7.98. The molecule has 1 aromatic carbocycles. The maximum absolute atomic E-state index is 14.1. The molecule has 2 aromatic rings. The van der Waals surface area contributed by atoms with Crippen molar-refractivity contribution >= 4 is 23.5 Å². The van der Waals surface area contributed by atoms with E-state index in [0.717, 1.165) is 17.0 Å². The highest BCUT2D eigenvalue weighted by molar-refractivity contribution is 6.11. The average Bonchev–Trinajstić information content (AvgIpc) is 3.09. The molecule has 2 atom stereocenters. The molecule has 0 unspecified atom stereocenters. The molecule has 29 heavy (non-hydrogen) atoms. The second-order valence-electron chi connectivity index (χ2n) is 6.83. The van der Waals surface area contributed by atoms with Crippen molar-refractivity contribution in [1.82, 2.24) is 20.0 Å². The number of β-lactam (4-membered cyclic amide) rings is 1. The summed E-state index contributed by atoms with van der Waals surface area (Å²) in [6, 6.07) is 0.544. The molecule has 154 valence electrons. The first kappa shape index (κ1) is 20.4. The van der Waals surface area contributed by atoms with Gasteiger partial charge in [-0.1, -0.05) is 13.0 Å². The van der Waals surface area contributed by atoms with Crippen molar-refractivity contribution in [3.8, 4) is 0 Å². The van der Waals surface area contributed by atoms with Gasteiger partial charge in [0.25, 0.3) is 5.91 Å². The highest BCUT2D eigenvalue weighted by Crippen LogP contribution is 2.26. The van der Waals surface area contributed by atoms with Crippen LogP contribution in [0.25, 0.3) is 0 Å². The molecular weight excluding hydrogens is 384 g/mol. The van der Waals surface area contributed by atoms with E-state index in [9.17, 15) is 23.2 Å². The number of nitrogens with one attached hydrogen (secondary N) is 1. The third kappa shape index (κ3) is 3.96. The number of aromatic nitrogens is 2. The maximum atomic E-state index is 14.1. The van der Waals surface area contributed by atoms with E-state index in [1.54, 1.807) is 20.2 Å². The van der Waals surface area contributed by atoms with Gasteiger partial charge in [0, 0.05) is 31.9 Å². The summed E-state index contributed by atoms with van der Waals surface area (Å²) in [4.78, 5) is 39.5. The molecule has 1 aromatic heterocycles. The minimum atomic E-state index is -0.955. The van der Waals surface area contributed by atoms with Crippen LogP contribution in [0.2, 0.25) is 0 Å². The molecule has 0 radical (unpaired) electrons. The van der Waals surface area contributed by atoms with Crippen LogP contribution < -0.4 is 10.2 Å². The van der Waals surface area contributed by atoms with E-state index in [4.69, 9.17) is 0 Å². The largest absolute Gasteiger partial charge is 0.331 e. The zero-order valence-corrected chi connectivity index (χ0v) is 16.2. The number of imide groups is 1. The fraction of sp³-hybridized carbons (Fsp3) is 0.368. The first-order valence-electron chi connectivity index (χ1n) is 9.06. The average molecular weight is 405 g/mol. The van der Waals surface area contributed by atoms with Crippen molar-refractivity contribution in [2.24, 2.45) is 7.05 Å². The van der Waals surface area contributed by atoms with Crippen LogP contribution in [0, 0.1) is 11.6 Å². The molecule has 10 heteroatoms. The van der Waals surface area contributed by atoms with Gasteiger partial charge in [0.2, 0.25) is 5.91 Å². The summed E-state index contributed by atoms with van der Waals surface area (Å²) in [6.45, 7) is 1.71. The van der Waals surface area contributed by atoms with Gasteiger partial charge in [0.1, 0.15) is 17.7 Å². The predicted octanol–water partition coefficient (Wildman–Crippen LogP) is 2.12. The third-order valence-corrected chi connectivity index (χ3v) is 4.91. The van der Waals surface area contributed by atoms with Gasteiger partial charge < -0.3 is 10.2 Å². The van der Waals surface area contributed by atoms with E-state index < -0.39 is 41.6 Å². The maximum Gasteiger partial charge on any atom is 0.325 e. The highest BCUT2D eigenvalue weighted by Gasteiger charge is 2.47. The normalized spacial score (nSPS) is 16.9. The Kier molecular flexibility index (Phi) is 5.62. The summed E-state index contributed by atoms with van der Waals surface area (Å²) in [5.41, 5.74) is 0.627. The van der Waals surface area contributed by atoms with Crippen molar-refractivity contribution in [2.75, 3.05) is 11.9 Å². The number of hydrogen-bond donors (Lipinski definition) is 1. The number of carbonyl (C=O) groups excluding carboxylic acids is 3. The van der Waals surface area contributed by atoms with E-state index in [1.807, 2.05) is 0 Å². The zero-order valence-electron chi connectivity index (χ0n) is 16.2. The summed E-state index contributed by atoms with van der Waals surface area (Å²) in [5, 5.41) is 6.55. The van der Waals surface area contributed by atoms with Gasteiger partial charge in [-0.15, -0.1) is 0 Å². The molecule has 1 aliphatic rings. The van der Waals surface area contributed by atoms with Crippen LogP contribution in [0.3, 0.4) is 0 Å². The van der Waals surface area contributed by atoms with Gasteiger partial charge in [-0.3, -0.25) is 19.2 Å². The Bertz CT molecular complexity index is 961. The van der Waals surface area contributed by atoms with Crippen molar-refractivity contribution < 1.29 is 23.2 Å². The lowest BCUT2D eigenvalue weighted by Crippen LogP contribution is -2.64. The summed E-state index contributed by atoms with van der Waals surface area (Å²) in [5.74, 6) is -2.46. The van der Waals surface area contributed by atoms with Crippen molar-refractivity contribution in [1.29, 1.82) is 0 Å². The number of likely N-dealkylation sites (tertiary alicyclic amines) is 1. The molecule has 0 aliphatic carbocycles. The van der Waals surface area contributed by atoms with Crippen molar-refractivity contribution in [3.05, 3.63) is 47.8 Å². The number of anilines is 1. The first-order valence-corrected chi connectivity index (χ1v) is 9.06. The number of benzene rings is 1. The number of hydrogen-bond acceptors (Lipinski definition) is 4. The van der Waals surface area contributed by atoms with Crippen LogP contribution in [0.15, 0.2) is 30.6 Å². The van der Waals surface area contributed by atoms with E-state index in [-0.39, 0.29) is 12.0 Å². The lowest BCUT2D eigenvalue weighted by atomic mass is 10.00. The van der Waals surface area contributed by atoms with Crippen LogP contribution >= 0.6 is 0 Å². The van der Waals surface area contributed by atoms with Gasteiger partial charge in [0.05, 0.1) is 24.3 Å². The molecule has 4 amide bonds. The lowest BCUT2D eigenvalue weighted by Gasteiger charge is -2.39. The summed E-state index contributed by atoms with van der Waals surface area (Å²) in [6.07, 6.45) is 3.34. The molecule has 0 bridgehead atoms. The predicted molar refractivity (Wildman–Crippen MR) is 99.8 cm³/mol. The van der Waals surface area contributed by atoms with Crippen LogP contribution in [-0.2, 0) is 16.6 Å². The molecule has 0 saturated carbocycles. The molecule has 3 rings (SSSR count). The molecule has 1 aliphatic heterocycles. The quantitative estimate of drug-likeness (QED) is 0.772. The molecular formula is C19H21F2N5O3. The van der Waals surface area contributed by atoms with Gasteiger partial charge in [-0.25, -0.2) is 13.6 Å². The number of likely N-dealkylation sites (N-methyl/N-ethyl adjacent to an activating group) is 1. The molecule has 0 spiro atoms. The van der Waals surface area contributed by atoms with Gasteiger partial charge in [-0.05, 0) is 12.5 Å². The highest BCUT2D eigenvalue weighted by atomic mass is 19.1. The molecule has 1 N–H and O–H groups in total. The van der Waals surface area contributed by atoms with E-state index in [1.165, 1.54) is 28.9 Å². The number of carbonyl (C=O) groups is 3. The minimum Gasteiger partial charge on any atom is -0.331 e. The monoisotopic (exact) mass is 405 g/mol. The Hall–Kier alpha value is -3.30. The fourth-order valence-electron chi connectivity index (χ4n) is 3.20. The SMILES string of the molecule is CC[C@@H](NC(=O)N1C(=O)C[C@H]1C(=O)N(C)c1cnn(C)c1)c1ccc(F)cc1F. The Morgan fingerprint density at radius 3 is 2.66 bits per heavy atom. The summed E-state index contributed by atoms with van der Waals surface area (Å²) < 4.78 is 28.7. The summed E-state index contributed by atoms with van der Waals surface area (Å²) >= 11 is 0. The van der Waals surface area contributed by atoms with Crippen molar-refractivity contribution in [3.63, 3.8) is 0 Å². The number of amides is 4. The number of nitrogens with zero attached hydrogens (tertiary/aromatic N) is 4. The topological polar surface area (TPSA) is 87.5 Å². The third-order valence-electron chi connectivity index (χ3n) is 4.91. The van der Waals surface area contributed by atoms with Gasteiger partial charge >= 0.3 is 6.03 Å². The molecule has 8 nitrogen and oxygen atoms in total. The van der Waals surface area contributed by atoms with Crippen LogP contribution in [0.5, 0.6) is 0 Å². The Balaban J connectivity index is 1.73. The zero-order chi connectivity index (χ0) is 21.3. The molecule has 1 saturated heterocycles. The Morgan fingerprint density at radius 1 is 1.38 bits per heavy atom. The molecule has 1 fully saturated rings. The molecule has 2 heterocycles. The lowest BCUT2D eigenvalue weighted by molar-refractivity contribution is -0.147.